The van der Waals surface area contributed by atoms with Gasteiger partial charge >= 0.3 is 0 Å². The van der Waals surface area contributed by atoms with E-state index in [0.717, 1.165) is 18.7 Å². The minimum Gasteiger partial charge on any atom is -0.508 e. The third-order valence-electron chi connectivity index (χ3n) is 2.40. The van der Waals surface area contributed by atoms with Crippen molar-refractivity contribution in [2.45, 2.75) is 12.8 Å². The van der Waals surface area contributed by atoms with Crippen molar-refractivity contribution in [2.24, 2.45) is 0 Å². The third-order valence-corrected chi connectivity index (χ3v) is 2.40. The molecule has 1 aromatic carbocycles. The minimum atomic E-state index is 0.437. The van der Waals surface area contributed by atoms with Gasteiger partial charge in [0.1, 0.15) is 5.75 Å². The summed E-state index contributed by atoms with van der Waals surface area (Å²) in [5.41, 5.74) is 2.31. The first kappa shape index (κ1) is 7.62. The second-order valence-corrected chi connectivity index (χ2v) is 3.42. The first-order chi connectivity index (χ1) is 5.77. The number of nitrogens with one attached hydrogen (secondary N) is 1. The van der Waals surface area contributed by atoms with Crippen molar-refractivity contribution in [3.8, 4) is 5.75 Å². The van der Waals surface area contributed by atoms with E-state index in [1.165, 1.54) is 5.56 Å². The summed E-state index contributed by atoms with van der Waals surface area (Å²) < 4.78 is 0. The fourth-order valence-electron chi connectivity index (χ4n) is 1.51. The highest BCUT2D eigenvalue weighted by molar-refractivity contribution is 5.39. The van der Waals surface area contributed by atoms with Crippen molar-refractivity contribution >= 4 is 0 Å². The van der Waals surface area contributed by atoms with E-state index >= 15 is 0 Å². The maximum Gasteiger partial charge on any atom is 0.119 e. The van der Waals surface area contributed by atoms with Crippen LogP contribution in [0.15, 0.2) is 18.2 Å². The number of aromatic hydroxyl groups is 1. The molecule has 1 aliphatic rings. The van der Waals surface area contributed by atoms with E-state index in [4.69, 9.17) is 0 Å². The molecule has 1 heterocycles. The summed E-state index contributed by atoms with van der Waals surface area (Å²) in [6, 6.07) is 5.79. The Labute approximate surface area is 72.2 Å². The van der Waals surface area contributed by atoms with Crippen LogP contribution < -0.4 is 5.32 Å². The smallest absolute Gasteiger partial charge is 0.119 e. The van der Waals surface area contributed by atoms with Crippen LogP contribution >= 0.6 is 0 Å². The highest BCUT2D eigenvalue weighted by Gasteiger charge is 2.21. The molecule has 1 saturated heterocycles. The Bertz CT molecular complexity index is 292. The zero-order chi connectivity index (χ0) is 8.55. The van der Waals surface area contributed by atoms with Gasteiger partial charge < -0.3 is 10.4 Å². The largest absolute Gasteiger partial charge is 0.508 e. The van der Waals surface area contributed by atoms with E-state index in [9.17, 15) is 5.11 Å². The molecule has 1 aliphatic heterocycles. The molecule has 2 N–H and O–H groups in total. The molecule has 0 saturated carbocycles. The number of phenols is 1. The maximum absolute atomic E-state index is 9.54. The van der Waals surface area contributed by atoms with Gasteiger partial charge in [-0.15, -0.1) is 0 Å². The average molecular weight is 163 g/mol. The monoisotopic (exact) mass is 163 g/mol. The first-order valence-corrected chi connectivity index (χ1v) is 4.27. The Hall–Kier alpha value is -1.02. The van der Waals surface area contributed by atoms with Crippen molar-refractivity contribution in [3.63, 3.8) is 0 Å². The molecule has 0 atom stereocenters. The van der Waals surface area contributed by atoms with Crippen LogP contribution in [-0.4, -0.2) is 18.2 Å². The number of hydrogen-bond acceptors (Lipinski definition) is 2. The van der Waals surface area contributed by atoms with E-state index in [0.29, 0.717) is 11.7 Å². The summed E-state index contributed by atoms with van der Waals surface area (Å²) in [6.45, 7) is 4.04. The van der Waals surface area contributed by atoms with E-state index in [1.54, 1.807) is 6.07 Å². The van der Waals surface area contributed by atoms with E-state index in [-0.39, 0.29) is 0 Å². The van der Waals surface area contributed by atoms with Crippen LogP contribution in [0.25, 0.3) is 0 Å². The van der Waals surface area contributed by atoms with Gasteiger partial charge in [-0.2, -0.15) is 0 Å². The van der Waals surface area contributed by atoms with Gasteiger partial charge in [0.2, 0.25) is 0 Å². The molecule has 1 aromatic rings. The molecule has 0 spiro atoms. The number of aryl methyl sites for hydroxylation is 1. The number of rotatable bonds is 1. The van der Waals surface area contributed by atoms with Gasteiger partial charge in [-0.1, -0.05) is 17.7 Å². The molecule has 2 nitrogen and oxygen atoms in total. The second kappa shape index (κ2) is 2.79. The Morgan fingerprint density at radius 2 is 2.17 bits per heavy atom. The molecule has 0 aromatic heterocycles. The Morgan fingerprint density at radius 3 is 2.75 bits per heavy atom. The molecule has 0 radical (unpaired) electrons. The molecule has 64 valence electrons. The normalized spacial score (nSPS) is 17.4. The molecule has 2 rings (SSSR count). The van der Waals surface area contributed by atoms with Gasteiger partial charge in [0.05, 0.1) is 0 Å². The third kappa shape index (κ3) is 1.18. The minimum absolute atomic E-state index is 0.437. The van der Waals surface area contributed by atoms with Crippen LogP contribution in [0.5, 0.6) is 5.75 Å². The van der Waals surface area contributed by atoms with Gasteiger partial charge in [-0.3, -0.25) is 0 Å². The van der Waals surface area contributed by atoms with Crippen LogP contribution in [0, 0.1) is 6.92 Å². The van der Waals surface area contributed by atoms with Crippen LogP contribution in [0.3, 0.4) is 0 Å². The summed E-state index contributed by atoms with van der Waals surface area (Å²) in [6.07, 6.45) is 0. The van der Waals surface area contributed by atoms with Gasteiger partial charge in [-0.25, -0.2) is 0 Å². The van der Waals surface area contributed by atoms with Gasteiger partial charge in [0.25, 0.3) is 0 Å². The molecular weight excluding hydrogens is 150 g/mol. The fourth-order valence-corrected chi connectivity index (χ4v) is 1.51. The number of phenolic OH excluding ortho intramolecular Hbond substituents is 1. The summed E-state index contributed by atoms with van der Waals surface area (Å²) >= 11 is 0. The van der Waals surface area contributed by atoms with E-state index in [2.05, 4.69) is 18.3 Å². The van der Waals surface area contributed by atoms with Gasteiger partial charge in [-0.05, 0) is 18.6 Å². The zero-order valence-corrected chi connectivity index (χ0v) is 7.17. The predicted molar refractivity (Wildman–Crippen MR) is 48.5 cm³/mol. The van der Waals surface area contributed by atoms with Crippen LogP contribution in [0.4, 0.5) is 0 Å². The van der Waals surface area contributed by atoms with Crippen molar-refractivity contribution in [2.75, 3.05) is 13.1 Å². The summed E-state index contributed by atoms with van der Waals surface area (Å²) in [5, 5.41) is 12.7. The lowest BCUT2D eigenvalue weighted by Gasteiger charge is -2.28. The number of benzene rings is 1. The Kier molecular flexibility index (Phi) is 1.77. The fraction of sp³-hybridized carbons (Fsp3) is 0.400. The summed E-state index contributed by atoms with van der Waals surface area (Å²) in [5.74, 6) is 0.956. The van der Waals surface area contributed by atoms with Crippen molar-refractivity contribution in [1.29, 1.82) is 0 Å². The van der Waals surface area contributed by atoms with Gasteiger partial charge in [0.15, 0.2) is 0 Å². The lowest BCUT2D eigenvalue weighted by Crippen LogP contribution is -2.39. The molecular formula is C10H13NO. The molecule has 0 bridgehead atoms. The van der Waals surface area contributed by atoms with Crippen molar-refractivity contribution in [3.05, 3.63) is 29.3 Å². The second-order valence-electron chi connectivity index (χ2n) is 3.42. The van der Waals surface area contributed by atoms with Crippen LogP contribution in [0.1, 0.15) is 17.0 Å². The number of hydrogen-bond donors (Lipinski definition) is 2. The van der Waals surface area contributed by atoms with E-state index < -0.39 is 0 Å². The topological polar surface area (TPSA) is 32.3 Å². The summed E-state index contributed by atoms with van der Waals surface area (Å²) in [7, 11) is 0. The lowest BCUT2D eigenvalue weighted by molar-refractivity contribution is 0.413. The quantitative estimate of drug-likeness (QED) is 0.655. The van der Waals surface area contributed by atoms with Gasteiger partial charge in [0, 0.05) is 19.0 Å². The van der Waals surface area contributed by atoms with Crippen LogP contribution in [-0.2, 0) is 0 Å². The average Bonchev–Trinajstić information content (AvgIpc) is 1.93. The van der Waals surface area contributed by atoms with Crippen molar-refractivity contribution < 1.29 is 5.11 Å². The first-order valence-electron chi connectivity index (χ1n) is 4.27. The molecule has 0 amide bonds. The molecule has 12 heavy (non-hydrogen) atoms. The molecule has 0 aliphatic carbocycles. The maximum atomic E-state index is 9.54. The Balaban J connectivity index is 2.34. The van der Waals surface area contributed by atoms with E-state index in [1.807, 2.05) is 6.07 Å². The van der Waals surface area contributed by atoms with Crippen LogP contribution in [0.2, 0.25) is 0 Å². The van der Waals surface area contributed by atoms with Crippen molar-refractivity contribution in [1.82, 2.24) is 5.32 Å². The predicted octanol–water partition coefficient (Wildman–Crippen LogP) is 1.39. The standard InChI is InChI=1S/C10H13NO/c1-7-2-3-10(12)9(4-7)8-5-11-6-8/h2-4,8,11-12H,5-6H2,1H3. The molecule has 2 heteroatoms. The Morgan fingerprint density at radius 1 is 1.42 bits per heavy atom. The highest BCUT2D eigenvalue weighted by Crippen LogP contribution is 2.28. The highest BCUT2D eigenvalue weighted by atomic mass is 16.3. The SMILES string of the molecule is Cc1ccc(O)c(C2CNC2)c1. The summed E-state index contributed by atoms with van der Waals surface area (Å²) in [4.78, 5) is 0. The molecule has 1 fully saturated rings. The zero-order valence-electron chi connectivity index (χ0n) is 7.17. The lowest BCUT2D eigenvalue weighted by atomic mass is 9.92. The molecule has 0 unspecified atom stereocenters.